The van der Waals surface area contributed by atoms with Crippen molar-refractivity contribution in [3.63, 3.8) is 0 Å². The van der Waals surface area contributed by atoms with E-state index >= 15 is 0 Å². The predicted octanol–water partition coefficient (Wildman–Crippen LogP) is 13.2. The number of hydrogen-bond acceptors (Lipinski definition) is 2. The molecule has 0 aliphatic rings. The molecule has 0 amide bonds. The monoisotopic (exact) mass is 603 g/mol. The summed E-state index contributed by atoms with van der Waals surface area (Å²) in [6, 6.07) is 63.8. The van der Waals surface area contributed by atoms with Gasteiger partial charge in [0, 0.05) is 26.5 Å². The van der Waals surface area contributed by atoms with Crippen molar-refractivity contribution in [2.24, 2.45) is 0 Å². The van der Waals surface area contributed by atoms with E-state index in [1.807, 2.05) is 11.3 Å². The van der Waals surface area contributed by atoms with Gasteiger partial charge in [-0.25, -0.2) is 0 Å². The molecule has 0 saturated carbocycles. The molecule has 0 bridgehead atoms. The first-order chi connectivity index (χ1) is 22.8. The minimum atomic E-state index is 1.13. The summed E-state index contributed by atoms with van der Waals surface area (Å²) in [7, 11) is 0. The van der Waals surface area contributed by atoms with E-state index in [4.69, 9.17) is 0 Å². The molecule has 0 radical (unpaired) electrons. The molecule has 46 heavy (non-hydrogen) atoms. The Kier molecular flexibility index (Phi) is 6.40. The van der Waals surface area contributed by atoms with Crippen LogP contribution in [0, 0.1) is 0 Å². The van der Waals surface area contributed by atoms with E-state index in [-0.39, 0.29) is 0 Å². The molecule has 2 heteroatoms. The van der Waals surface area contributed by atoms with Gasteiger partial charge >= 0.3 is 0 Å². The minimum absolute atomic E-state index is 1.13. The number of hydrogen-bond donors (Lipinski definition) is 0. The molecule has 8 aromatic carbocycles. The van der Waals surface area contributed by atoms with Crippen molar-refractivity contribution >= 4 is 70.1 Å². The topological polar surface area (TPSA) is 3.24 Å². The Bertz CT molecular complexity index is 2510. The zero-order chi connectivity index (χ0) is 30.5. The van der Waals surface area contributed by atoms with Crippen LogP contribution in [0.25, 0.3) is 64.0 Å². The number of benzene rings is 8. The van der Waals surface area contributed by atoms with Crippen LogP contribution in [0.3, 0.4) is 0 Å². The molecule has 0 unspecified atom stereocenters. The first kappa shape index (κ1) is 26.7. The molecule has 0 saturated heterocycles. The summed E-state index contributed by atoms with van der Waals surface area (Å²) in [6.45, 7) is 0. The Morgan fingerprint density at radius 1 is 0.348 bits per heavy atom. The third-order valence-corrected chi connectivity index (χ3v) is 10.3. The van der Waals surface area contributed by atoms with Crippen molar-refractivity contribution in [1.29, 1.82) is 0 Å². The van der Waals surface area contributed by atoms with Crippen LogP contribution in [0.5, 0.6) is 0 Å². The predicted molar refractivity (Wildman–Crippen MR) is 200 cm³/mol. The highest BCUT2D eigenvalue weighted by Gasteiger charge is 2.21. The van der Waals surface area contributed by atoms with Gasteiger partial charge in [-0.1, -0.05) is 152 Å². The lowest BCUT2D eigenvalue weighted by Gasteiger charge is -2.28. The quantitative estimate of drug-likeness (QED) is 0.177. The van der Waals surface area contributed by atoms with E-state index in [1.54, 1.807) is 0 Å². The van der Waals surface area contributed by atoms with E-state index in [9.17, 15) is 0 Å². The smallest absolute Gasteiger partial charge is 0.0640 e. The molecule has 1 heterocycles. The average molecular weight is 604 g/mol. The van der Waals surface area contributed by atoms with Crippen molar-refractivity contribution in [3.05, 3.63) is 176 Å². The lowest BCUT2D eigenvalue weighted by molar-refractivity contribution is 1.32. The summed E-state index contributed by atoms with van der Waals surface area (Å²) in [6.07, 6.45) is 0. The van der Waals surface area contributed by atoms with Gasteiger partial charge in [-0.3, -0.25) is 0 Å². The molecule has 9 aromatic rings. The Morgan fingerprint density at radius 2 is 0.913 bits per heavy atom. The number of fused-ring (bicyclic) bond motifs is 6. The van der Waals surface area contributed by atoms with Gasteiger partial charge in [0.1, 0.15) is 0 Å². The van der Waals surface area contributed by atoms with Crippen LogP contribution >= 0.6 is 11.3 Å². The number of thiophene rings is 1. The normalized spacial score (nSPS) is 11.5. The molecule has 0 aliphatic heterocycles. The number of nitrogens with zero attached hydrogens (tertiary/aromatic N) is 1. The molecular formula is C44H29NS. The molecule has 0 atom stereocenters. The second kappa shape index (κ2) is 11.0. The molecule has 1 aromatic heterocycles. The highest BCUT2D eigenvalue weighted by atomic mass is 32.1. The van der Waals surface area contributed by atoms with Crippen LogP contribution in [0.1, 0.15) is 0 Å². The van der Waals surface area contributed by atoms with E-state index in [0.717, 1.165) is 5.69 Å². The Labute approximate surface area is 272 Å². The van der Waals surface area contributed by atoms with Crippen molar-refractivity contribution < 1.29 is 0 Å². The fourth-order valence-corrected chi connectivity index (χ4v) is 8.23. The average Bonchev–Trinajstić information content (AvgIpc) is 3.53. The van der Waals surface area contributed by atoms with Crippen LogP contribution in [0.4, 0.5) is 17.1 Å². The standard InChI is InChI=1S/C44H29NS/c1-3-13-30(14-4-1)31-25-27-34(28-26-31)45(42-29-33-17-7-8-18-35(33)37-19-9-10-20-38(37)42)41-24-12-23-40-39-22-11-21-36(43(39)46-44(40)41)32-15-5-2-6-16-32/h1-29H. The molecule has 0 N–H and O–H groups in total. The maximum Gasteiger partial charge on any atom is 0.0640 e. The second-order valence-corrected chi connectivity index (χ2v) is 12.7. The Morgan fingerprint density at radius 3 is 1.67 bits per heavy atom. The summed E-state index contributed by atoms with van der Waals surface area (Å²) in [5.41, 5.74) is 8.45. The van der Waals surface area contributed by atoms with Gasteiger partial charge in [0.2, 0.25) is 0 Å². The lowest BCUT2D eigenvalue weighted by atomic mass is 9.98. The molecule has 9 rings (SSSR count). The maximum atomic E-state index is 2.48. The lowest BCUT2D eigenvalue weighted by Crippen LogP contribution is -2.10. The van der Waals surface area contributed by atoms with Gasteiger partial charge in [0.15, 0.2) is 0 Å². The summed E-state index contributed by atoms with van der Waals surface area (Å²) in [4.78, 5) is 2.48. The van der Waals surface area contributed by atoms with E-state index in [2.05, 4.69) is 181 Å². The summed E-state index contributed by atoms with van der Waals surface area (Å²) in [5, 5.41) is 7.58. The zero-order valence-electron chi connectivity index (χ0n) is 25.1. The van der Waals surface area contributed by atoms with Crippen LogP contribution in [0.2, 0.25) is 0 Å². The van der Waals surface area contributed by atoms with Gasteiger partial charge < -0.3 is 4.90 Å². The van der Waals surface area contributed by atoms with Crippen molar-refractivity contribution in [3.8, 4) is 22.3 Å². The second-order valence-electron chi connectivity index (χ2n) is 11.7. The number of rotatable bonds is 5. The van der Waals surface area contributed by atoms with Gasteiger partial charge in [-0.2, -0.15) is 0 Å². The summed E-state index contributed by atoms with van der Waals surface area (Å²) in [5.74, 6) is 0. The van der Waals surface area contributed by atoms with E-state index in [1.165, 1.54) is 75.3 Å². The summed E-state index contributed by atoms with van der Waals surface area (Å²) < 4.78 is 2.60. The fraction of sp³-hybridized carbons (Fsp3) is 0. The minimum Gasteiger partial charge on any atom is -0.308 e. The fourth-order valence-electron chi connectivity index (χ4n) is 6.89. The van der Waals surface area contributed by atoms with Crippen LogP contribution in [0.15, 0.2) is 176 Å². The van der Waals surface area contributed by atoms with E-state index < -0.39 is 0 Å². The highest BCUT2D eigenvalue weighted by Crippen LogP contribution is 2.49. The highest BCUT2D eigenvalue weighted by molar-refractivity contribution is 7.27. The first-order valence-corrected chi connectivity index (χ1v) is 16.5. The molecule has 0 fully saturated rings. The van der Waals surface area contributed by atoms with Crippen LogP contribution < -0.4 is 4.90 Å². The Hall–Kier alpha value is -5.70. The van der Waals surface area contributed by atoms with Gasteiger partial charge in [-0.15, -0.1) is 11.3 Å². The molecule has 0 aliphatic carbocycles. The number of anilines is 3. The van der Waals surface area contributed by atoms with Crippen LogP contribution in [-0.4, -0.2) is 0 Å². The summed E-state index contributed by atoms with van der Waals surface area (Å²) >= 11 is 1.89. The molecule has 1 nitrogen and oxygen atoms in total. The first-order valence-electron chi connectivity index (χ1n) is 15.7. The van der Waals surface area contributed by atoms with Gasteiger partial charge in [0.25, 0.3) is 0 Å². The third-order valence-electron chi connectivity index (χ3n) is 9.05. The molecule has 0 spiro atoms. The zero-order valence-corrected chi connectivity index (χ0v) is 25.9. The van der Waals surface area contributed by atoms with Gasteiger partial charge in [-0.05, 0) is 62.7 Å². The van der Waals surface area contributed by atoms with E-state index in [0.29, 0.717) is 0 Å². The van der Waals surface area contributed by atoms with Crippen LogP contribution in [-0.2, 0) is 0 Å². The molecular weight excluding hydrogens is 575 g/mol. The Balaban J connectivity index is 1.33. The van der Waals surface area contributed by atoms with Crippen molar-refractivity contribution in [1.82, 2.24) is 0 Å². The van der Waals surface area contributed by atoms with Gasteiger partial charge in [0.05, 0.1) is 16.1 Å². The molecule has 216 valence electrons. The third kappa shape index (κ3) is 4.38. The maximum absolute atomic E-state index is 2.48. The largest absolute Gasteiger partial charge is 0.308 e. The SMILES string of the molecule is c1ccc(-c2ccc(N(c3cc4ccccc4c4ccccc34)c3cccc4c3sc3c(-c5ccccc5)cccc34)cc2)cc1. The van der Waals surface area contributed by atoms with Crippen molar-refractivity contribution in [2.75, 3.05) is 4.90 Å². The van der Waals surface area contributed by atoms with Crippen molar-refractivity contribution in [2.45, 2.75) is 0 Å².